The molecule has 2 unspecified atom stereocenters. The first-order valence-electron chi connectivity index (χ1n) is 7.36. The number of esters is 1. The van der Waals surface area contributed by atoms with E-state index in [1.54, 1.807) is 0 Å². The number of ether oxygens (including phenoxy) is 2. The number of rotatable bonds is 7. The van der Waals surface area contributed by atoms with E-state index in [2.05, 4.69) is 17.1 Å². The Bertz CT molecular complexity index is 261. The fraction of sp³-hybridized carbons (Fsp3) is 0.929. The minimum Gasteiger partial charge on any atom is -0.468 e. The van der Waals surface area contributed by atoms with E-state index in [0.717, 1.165) is 52.0 Å². The van der Waals surface area contributed by atoms with Gasteiger partial charge in [-0.3, -0.25) is 4.79 Å². The number of carbonyl (C=O) groups excluding carboxylic acids is 1. The maximum Gasteiger partial charge on any atom is 0.322 e. The molecule has 0 aromatic rings. The van der Waals surface area contributed by atoms with Crippen molar-refractivity contribution in [3.63, 3.8) is 0 Å². The van der Waals surface area contributed by atoms with Crippen molar-refractivity contribution < 1.29 is 14.3 Å². The molecule has 0 amide bonds. The Morgan fingerprint density at radius 3 is 2.95 bits per heavy atom. The number of methoxy groups -OCH3 is 1. The van der Waals surface area contributed by atoms with Crippen molar-refractivity contribution in [1.29, 1.82) is 0 Å². The van der Waals surface area contributed by atoms with Gasteiger partial charge in [-0.1, -0.05) is 13.8 Å². The number of hydrogen-bond acceptors (Lipinski definition) is 5. The molecule has 0 spiro atoms. The van der Waals surface area contributed by atoms with Gasteiger partial charge in [-0.2, -0.15) is 0 Å². The number of nitrogens with zero attached hydrogens (tertiary/aromatic N) is 1. The highest BCUT2D eigenvalue weighted by Gasteiger charge is 2.21. The molecule has 1 aliphatic heterocycles. The summed E-state index contributed by atoms with van der Waals surface area (Å²) >= 11 is 0. The zero-order chi connectivity index (χ0) is 14.1. The van der Waals surface area contributed by atoms with Crippen LogP contribution in [0, 0.1) is 0 Å². The van der Waals surface area contributed by atoms with E-state index in [1.807, 2.05) is 6.92 Å². The van der Waals surface area contributed by atoms with E-state index in [4.69, 9.17) is 9.47 Å². The lowest BCUT2D eigenvalue weighted by Gasteiger charge is -2.25. The second-order valence-electron chi connectivity index (χ2n) is 4.98. The van der Waals surface area contributed by atoms with Crippen molar-refractivity contribution in [2.45, 2.75) is 45.3 Å². The Hall–Kier alpha value is -0.650. The van der Waals surface area contributed by atoms with Gasteiger partial charge in [0.2, 0.25) is 0 Å². The molecule has 1 rings (SSSR count). The Labute approximate surface area is 116 Å². The molecular formula is C14H28N2O3. The molecule has 5 heteroatoms. The fourth-order valence-corrected chi connectivity index (χ4v) is 2.42. The highest BCUT2D eigenvalue weighted by molar-refractivity contribution is 5.75. The first kappa shape index (κ1) is 16.4. The SMILES string of the molecule is CCNC(CCN1CCCOC(CC)C1)C(=O)OC. The molecule has 0 aliphatic carbocycles. The van der Waals surface area contributed by atoms with Gasteiger partial charge in [0.1, 0.15) is 6.04 Å². The maximum absolute atomic E-state index is 11.6. The van der Waals surface area contributed by atoms with Gasteiger partial charge in [0.15, 0.2) is 0 Å². The molecule has 0 saturated carbocycles. The van der Waals surface area contributed by atoms with E-state index in [-0.39, 0.29) is 12.0 Å². The van der Waals surface area contributed by atoms with Crippen LogP contribution in [-0.2, 0) is 14.3 Å². The van der Waals surface area contributed by atoms with Gasteiger partial charge >= 0.3 is 5.97 Å². The van der Waals surface area contributed by atoms with Gasteiger partial charge in [0.05, 0.1) is 13.2 Å². The van der Waals surface area contributed by atoms with Crippen LogP contribution in [0.2, 0.25) is 0 Å². The molecular weight excluding hydrogens is 244 g/mol. The van der Waals surface area contributed by atoms with E-state index in [9.17, 15) is 4.79 Å². The van der Waals surface area contributed by atoms with Gasteiger partial charge in [0, 0.05) is 26.2 Å². The summed E-state index contributed by atoms with van der Waals surface area (Å²) in [5.41, 5.74) is 0. The molecule has 1 saturated heterocycles. The van der Waals surface area contributed by atoms with Gasteiger partial charge in [-0.15, -0.1) is 0 Å². The summed E-state index contributed by atoms with van der Waals surface area (Å²) in [5, 5.41) is 3.18. The molecule has 112 valence electrons. The van der Waals surface area contributed by atoms with Crippen LogP contribution in [-0.4, -0.2) is 62.9 Å². The largest absolute Gasteiger partial charge is 0.468 e. The molecule has 0 aromatic heterocycles. The van der Waals surface area contributed by atoms with Crippen molar-refractivity contribution in [1.82, 2.24) is 10.2 Å². The highest BCUT2D eigenvalue weighted by Crippen LogP contribution is 2.10. The maximum atomic E-state index is 11.6. The third-order valence-electron chi connectivity index (χ3n) is 3.56. The third kappa shape index (κ3) is 5.89. The molecule has 1 N–H and O–H groups in total. The molecule has 1 fully saturated rings. The Kier molecular flexibility index (Phi) is 8.02. The molecule has 0 aromatic carbocycles. The van der Waals surface area contributed by atoms with Crippen molar-refractivity contribution >= 4 is 5.97 Å². The van der Waals surface area contributed by atoms with Crippen LogP contribution >= 0.6 is 0 Å². The lowest BCUT2D eigenvalue weighted by atomic mass is 10.1. The van der Waals surface area contributed by atoms with Gasteiger partial charge < -0.3 is 19.7 Å². The summed E-state index contributed by atoms with van der Waals surface area (Å²) < 4.78 is 10.6. The number of nitrogens with one attached hydrogen (secondary N) is 1. The molecule has 2 atom stereocenters. The van der Waals surface area contributed by atoms with E-state index in [1.165, 1.54) is 7.11 Å². The van der Waals surface area contributed by atoms with Crippen LogP contribution in [0.5, 0.6) is 0 Å². The van der Waals surface area contributed by atoms with E-state index < -0.39 is 0 Å². The molecule has 1 aliphatic rings. The predicted molar refractivity (Wildman–Crippen MR) is 75.2 cm³/mol. The predicted octanol–water partition coefficient (Wildman–Crippen LogP) is 1.03. The zero-order valence-electron chi connectivity index (χ0n) is 12.5. The minimum atomic E-state index is -0.195. The van der Waals surface area contributed by atoms with Crippen LogP contribution in [0.4, 0.5) is 0 Å². The number of likely N-dealkylation sites (N-methyl/N-ethyl adjacent to an activating group) is 1. The first-order valence-corrected chi connectivity index (χ1v) is 7.36. The first-order chi connectivity index (χ1) is 9.21. The minimum absolute atomic E-state index is 0.167. The zero-order valence-corrected chi connectivity index (χ0v) is 12.5. The van der Waals surface area contributed by atoms with Gasteiger partial charge in [-0.25, -0.2) is 0 Å². The van der Waals surface area contributed by atoms with Crippen LogP contribution in [0.3, 0.4) is 0 Å². The lowest BCUT2D eigenvalue weighted by Crippen LogP contribution is -2.41. The molecule has 1 heterocycles. The van der Waals surface area contributed by atoms with Gasteiger partial charge in [0.25, 0.3) is 0 Å². The number of carbonyl (C=O) groups is 1. The smallest absolute Gasteiger partial charge is 0.322 e. The van der Waals surface area contributed by atoms with Crippen LogP contribution < -0.4 is 5.32 Å². The quantitative estimate of drug-likeness (QED) is 0.702. The summed E-state index contributed by atoms with van der Waals surface area (Å²) in [6, 6.07) is -0.195. The third-order valence-corrected chi connectivity index (χ3v) is 3.56. The standard InChI is InChI=1S/C14H28N2O3/c1-4-12-11-16(8-6-10-19-12)9-7-13(15-5-2)14(17)18-3/h12-13,15H,4-11H2,1-3H3. The van der Waals surface area contributed by atoms with Crippen LogP contribution in [0.25, 0.3) is 0 Å². The summed E-state index contributed by atoms with van der Waals surface area (Å²) in [6.45, 7) is 8.72. The second kappa shape index (κ2) is 9.28. The fourth-order valence-electron chi connectivity index (χ4n) is 2.42. The topological polar surface area (TPSA) is 50.8 Å². The number of hydrogen-bond donors (Lipinski definition) is 1. The monoisotopic (exact) mass is 272 g/mol. The van der Waals surface area contributed by atoms with E-state index >= 15 is 0 Å². The van der Waals surface area contributed by atoms with Gasteiger partial charge in [-0.05, 0) is 25.8 Å². The molecule has 0 bridgehead atoms. The highest BCUT2D eigenvalue weighted by atomic mass is 16.5. The lowest BCUT2D eigenvalue weighted by molar-refractivity contribution is -0.143. The average molecular weight is 272 g/mol. The summed E-state index contributed by atoms with van der Waals surface area (Å²) in [4.78, 5) is 14.0. The average Bonchev–Trinajstić information content (AvgIpc) is 2.67. The van der Waals surface area contributed by atoms with Crippen LogP contribution in [0.1, 0.15) is 33.1 Å². The Morgan fingerprint density at radius 2 is 2.32 bits per heavy atom. The molecule has 19 heavy (non-hydrogen) atoms. The van der Waals surface area contributed by atoms with Crippen LogP contribution in [0.15, 0.2) is 0 Å². The summed E-state index contributed by atoms with van der Waals surface area (Å²) in [6.07, 6.45) is 3.24. The summed E-state index contributed by atoms with van der Waals surface area (Å²) in [5.74, 6) is -0.167. The van der Waals surface area contributed by atoms with E-state index in [0.29, 0.717) is 6.10 Å². The van der Waals surface area contributed by atoms with Crippen molar-refractivity contribution in [3.8, 4) is 0 Å². The second-order valence-corrected chi connectivity index (χ2v) is 4.98. The molecule has 5 nitrogen and oxygen atoms in total. The normalized spacial score (nSPS) is 22.8. The molecule has 0 radical (unpaired) electrons. The Balaban J connectivity index is 2.41. The Morgan fingerprint density at radius 1 is 1.53 bits per heavy atom. The summed E-state index contributed by atoms with van der Waals surface area (Å²) in [7, 11) is 1.44. The van der Waals surface area contributed by atoms with Crippen molar-refractivity contribution in [2.24, 2.45) is 0 Å². The van der Waals surface area contributed by atoms with Crippen molar-refractivity contribution in [3.05, 3.63) is 0 Å². The van der Waals surface area contributed by atoms with Crippen molar-refractivity contribution in [2.75, 3.05) is 39.9 Å².